The predicted octanol–water partition coefficient (Wildman–Crippen LogP) is 2.80. The van der Waals surface area contributed by atoms with E-state index in [0.29, 0.717) is 36.3 Å². The molecule has 1 saturated carbocycles. The van der Waals surface area contributed by atoms with E-state index in [-0.39, 0.29) is 0 Å². The number of rotatable bonds is 5. The number of carbonyl (C=O) groups is 1. The molecule has 0 saturated heterocycles. The van der Waals surface area contributed by atoms with Gasteiger partial charge in [-0.15, -0.1) is 0 Å². The SMILES string of the molecule is CCOC(=O)c1cc(N)cnc1OCC1CCCCC1. The zero-order chi connectivity index (χ0) is 14.4. The summed E-state index contributed by atoms with van der Waals surface area (Å²) < 4.78 is 10.7. The molecule has 1 aromatic rings. The Hall–Kier alpha value is -1.78. The molecule has 1 heterocycles. The third-order valence-electron chi connectivity index (χ3n) is 3.55. The Bertz CT molecular complexity index is 456. The number of aromatic nitrogens is 1. The second kappa shape index (κ2) is 7.12. The van der Waals surface area contributed by atoms with Gasteiger partial charge in [-0.05, 0) is 31.7 Å². The highest BCUT2D eigenvalue weighted by atomic mass is 16.5. The van der Waals surface area contributed by atoms with Crippen molar-refractivity contribution in [2.75, 3.05) is 18.9 Å². The Morgan fingerprint density at radius 1 is 1.40 bits per heavy atom. The molecule has 5 nitrogen and oxygen atoms in total. The summed E-state index contributed by atoms with van der Waals surface area (Å²) >= 11 is 0. The van der Waals surface area contributed by atoms with Crippen LogP contribution in [0.25, 0.3) is 0 Å². The second-order valence-corrected chi connectivity index (χ2v) is 5.16. The fourth-order valence-electron chi connectivity index (χ4n) is 2.49. The maximum Gasteiger partial charge on any atom is 0.343 e. The number of hydrogen-bond donors (Lipinski definition) is 1. The first-order valence-corrected chi connectivity index (χ1v) is 7.26. The molecule has 0 bridgehead atoms. The van der Waals surface area contributed by atoms with Crippen LogP contribution in [0.3, 0.4) is 0 Å². The van der Waals surface area contributed by atoms with E-state index in [2.05, 4.69) is 4.98 Å². The molecule has 110 valence electrons. The van der Waals surface area contributed by atoms with Gasteiger partial charge in [0.25, 0.3) is 0 Å². The standard InChI is InChI=1S/C15H22N2O3/c1-2-19-15(18)13-8-12(16)9-17-14(13)20-10-11-6-4-3-5-7-11/h8-9,11H,2-7,10,16H2,1H3. The van der Waals surface area contributed by atoms with Crippen LogP contribution in [0.4, 0.5) is 5.69 Å². The van der Waals surface area contributed by atoms with Crippen molar-refractivity contribution in [3.05, 3.63) is 17.8 Å². The van der Waals surface area contributed by atoms with Crippen LogP contribution in [0.2, 0.25) is 0 Å². The van der Waals surface area contributed by atoms with E-state index in [4.69, 9.17) is 15.2 Å². The summed E-state index contributed by atoms with van der Waals surface area (Å²) in [5, 5.41) is 0. The topological polar surface area (TPSA) is 74.4 Å². The summed E-state index contributed by atoms with van der Waals surface area (Å²) in [5.41, 5.74) is 6.41. The van der Waals surface area contributed by atoms with Crippen LogP contribution in [0.5, 0.6) is 5.88 Å². The number of pyridine rings is 1. The minimum absolute atomic E-state index is 0.308. The van der Waals surface area contributed by atoms with Gasteiger partial charge in [-0.25, -0.2) is 9.78 Å². The predicted molar refractivity (Wildman–Crippen MR) is 76.7 cm³/mol. The Kier molecular flexibility index (Phi) is 5.21. The smallest absolute Gasteiger partial charge is 0.343 e. The zero-order valence-corrected chi connectivity index (χ0v) is 11.9. The normalized spacial score (nSPS) is 15.8. The summed E-state index contributed by atoms with van der Waals surface area (Å²) in [4.78, 5) is 16.0. The summed E-state index contributed by atoms with van der Waals surface area (Å²) in [6.45, 7) is 2.68. The Labute approximate surface area is 119 Å². The minimum atomic E-state index is -0.439. The van der Waals surface area contributed by atoms with Crippen molar-refractivity contribution >= 4 is 11.7 Å². The van der Waals surface area contributed by atoms with Crippen LogP contribution >= 0.6 is 0 Å². The largest absolute Gasteiger partial charge is 0.477 e. The van der Waals surface area contributed by atoms with Crippen LogP contribution < -0.4 is 10.5 Å². The number of hydrogen-bond acceptors (Lipinski definition) is 5. The number of ether oxygens (including phenoxy) is 2. The molecule has 0 aromatic carbocycles. The van der Waals surface area contributed by atoms with Gasteiger partial charge in [0, 0.05) is 0 Å². The van der Waals surface area contributed by atoms with Crippen molar-refractivity contribution in [1.29, 1.82) is 0 Å². The summed E-state index contributed by atoms with van der Waals surface area (Å²) in [7, 11) is 0. The second-order valence-electron chi connectivity index (χ2n) is 5.16. The molecular weight excluding hydrogens is 256 g/mol. The number of nitrogens with two attached hydrogens (primary N) is 1. The van der Waals surface area contributed by atoms with E-state index in [1.54, 1.807) is 13.0 Å². The minimum Gasteiger partial charge on any atom is -0.477 e. The van der Waals surface area contributed by atoms with E-state index in [9.17, 15) is 4.79 Å². The molecule has 0 radical (unpaired) electrons. The number of carbonyl (C=O) groups excluding carboxylic acids is 1. The average molecular weight is 278 g/mol. The van der Waals surface area contributed by atoms with Crippen molar-refractivity contribution < 1.29 is 14.3 Å². The van der Waals surface area contributed by atoms with E-state index in [0.717, 1.165) is 0 Å². The molecule has 1 aromatic heterocycles. The van der Waals surface area contributed by atoms with Crippen molar-refractivity contribution in [2.24, 2.45) is 5.92 Å². The molecule has 0 amide bonds. The molecule has 0 atom stereocenters. The Morgan fingerprint density at radius 2 is 2.15 bits per heavy atom. The lowest BCUT2D eigenvalue weighted by Gasteiger charge is -2.21. The summed E-state index contributed by atoms with van der Waals surface area (Å²) in [6, 6.07) is 1.56. The monoisotopic (exact) mass is 278 g/mol. The summed E-state index contributed by atoms with van der Waals surface area (Å²) in [6.07, 6.45) is 7.69. The highest BCUT2D eigenvalue weighted by Gasteiger charge is 2.19. The maximum atomic E-state index is 11.9. The molecule has 2 rings (SSSR count). The van der Waals surface area contributed by atoms with Crippen molar-refractivity contribution in [1.82, 2.24) is 4.98 Å². The van der Waals surface area contributed by atoms with Crippen LogP contribution in [0.1, 0.15) is 49.4 Å². The number of nitrogen functional groups attached to an aromatic ring is 1. The molecule has 1 aliphatic rings. The van der Waals surface area contributed by atoms with Crippen LogP contribution in [0, 0.1) is 5.92 Å². The van der Waals surface area contributed by atoms with Gasteiger partial charge in [-0.1, -0.05) is 19.3 Å². The van der Waals surface area contributed by atoms with Crippen LogP contribution in [0.15, 0.2) is 12.3 Å². The van der Waals surface area contributed by atoms with Gasteiger partial charge < -0.3 is 15.2 Å². The van der Waals surface area contributed by atoms with Gasteiger partial charge in [0.2, 0.25) is 5.88 Å². The number of esters is 1. The van der Waals surface area contributed by atoms with E-state index >= 15 is 0 Å². The third kappa shape index (κ3) is 3.85. The van der Waals surface area contributed by atoms with E-state index in [1.807, 2.05) is 0 Å². The average Bonchev–Trinajstić information content (AvgIpc) is 2.47. The quantitative estimate of drug-likeness (QED) is 0.838. The highest BCUT2D eigenvalue weighted by molar-refractivity contribution is 5.92. The molecule has 5 heteroatoms. The van der Waals surface area contributed by atoms with Gasteiger partial charge in [-0.2, -0.15) is 0 Å². The fraction of sp³-hybridized carbons (Fsp3) is 0.600. The molecule has 1 fully saturated rings. The maximum absolute atomic E-state index is 11.9. The Balaban J connectivity index is 2.03. The van der Waals surface area contributed by atoms with E-state index in [1.165, 1.54) is 38.3 Å². The molecule has 2 N–H and O–H groups in total. The lowest BCUT2D eigenvalue weighted by molar-refractivity contribution is 0.0519. The van der Waals surface area contributed by atoms with Gasteiger partial charge in [0.1, 0.15) is 5.56 Å². The van der Waals surface area contributed by atoms with E-state index < -0.39 is 5.97 Å². The van der Waals surface area contributed by atoms with Gasteiger partial charge in [0.15, 0.2) is 0 Å². The summed E-state index contributed by atoms with van der Waals surface area (Å²) in [5.74, 6) is 0.437. The highest BCUT2D eigenvalue weighted by Crippen LogP contribution is 2.25. The number of nitrogens with zero attached hydrogens (tertiary/aromatic N) is 1. The number of anilines is 1. The first-order chi connectivity index (χ1) is 9.70. The first-order valence-electron chi connectivity index (χ1n) is 7.26. The van der Waals surface area contributed by atoms with Gasteiger partial charge >= 0.3 is 5.97 Å². The van der Waals surface area contributed by atoms with Gasteiger partial charge in [-0.3, -0.25) is 0 Å². The lowest BCUT2D eigenvalue weighted by Crippen LogP contribution is -2.17. The van der Waals surface area contributed by atoms with Crippen molar-refractivity contribution in [2.45, 2.75) is 39.0 Å². The molecule has 0 unspecified atom stereocenters. The third-order valence-corrected chi connectivity index (χ3v) is 3.55. The van der Waals surface area contributed by atoms with Crippen molar-refractivity contribution in [3.8, 4) is 5.88 Å². The molecule has 0 spiro atoms. The lowest BCUT2D eigenvalue weighted by atomic mass is 9.90. The molecule has 0 aliphatic heterocycles. The van der Waals surface area contributed by atoms with Crippen LogP contribution in [-0.2, 0) is 4.74 Å². The first kappa shape index (κ1) is 14.6. The molecular formula is C15H22N2O3. The Morgan fingerprint density at radius 3 is 2.85 bits per heavy atom. The molecule has 1 aliphatic carbocycles. The van der Waals surface area contributed by atoms with Crippen molar-refractivity contribution in [3.63, 3.8) is 0 Å². The molecule has 20 heavy (non-hydrogen) atoms. The zero-order valence-electron chi connectivity index (χ0n) is 11.9. The fourth-order valence-corrected chi connectivity index (χ4v) is 2.49. The van der Waals surface area contributed by atoms with Gasteiger partial charge in [0.05, 0.1) is 25.1 Å². The van der Waals surface area contributed by atoms with Crippen LogP contribution in [-0.4, -0.2) is 24.2 Å².